The van der Waals surface area contributed by atoms with E-state index in [9.17, 15) is 5.11 Å². The second-order valence-corrected chi connectivity index (χ2v) is 5.25. The summed E-state index contributed by atoms with van der Waals surface area (Å²) in [6.07, 6.45) is 2.10. The minimum atomic E-state index is -0.318. The lowest BCUT2D eigenvalue weighted by Gasteiger charge is -2.12. The molecule has 3 rings (SSSR count). The first-order chi connectivity index (χ1) is 10.3. The molecule has 108 valence electrons. The van der Waals surface area contributed by atoms with Crippen molar-refractivity contribution in [3.8, 4) is 5.69 Å². The maximum absolute atomic E-state index is 10.1. The monoisotopic (exact) mass is 281 g/mol. The summed E-state index contributed by atoms with van der Waals surface area (Å²) in [6, 6.07) is 15.8. The van der Waals surface area contributed by atoms with Crippen molar-refractivity contribution in [3.05, 3.63) is 54.1 Å². The molecule has 4 heteroatoms. The van der Waals surface area contributed by atoms with Gasteiger partial charge in [-0.2, -0.15) is 4.80 Å². The Labute approximate surface area is 124 Å². The summed E-state index contributed by atoms with van der Waals surface area (Å²) in [7, 11) is 0. The predicted molar refractivity (Wildman–Crippen MR) is 83.5 cm³/mol. The maximum atomic E-state index is 10.1. The number of nitrogens with zero attached hydrogens (tertiary/aromatic N) is 3. The van der Waals surface area contributed by atoms with Crippen LogP contribution >= 0.6 is 0 Å². The number of fused-ring (bicyclic) bond motifs is 1. The van der Waals surface area contributed by atoms with Crippen molar-refractivity contribution in [2.24, 2.45) is 0 Å². The van der Waals surface area contributed by atoms with Gasteiger partial charge < -0.3 is 5.11 Å². The zero-order chi connectivity index (χ0) is 14.7. The van der Waals surface area contributed by atoms with Crippen LogP contribution in [0.1, 0.15) is 25.3 Å². The van der Waals surface area contributed by atoms with Gasteiger partial charge >= 0.3 is 0 Å². The van der Waals surface area contributed by atoms with Gasteiger partial charge in [0.15, 0.2) is 0 Å². The minimum absolute atomic E-state index is 0.318. The lowest BCUT2D eigenvalue weighted by atomic mass is 10.0. The van der Waals surface area contributed by atoms with Crippen LogP contribution in [-0.2, 0) is 6.42 Å². The average molecular weight is 281 g/mol. The highest BCUT2D eigenvalue weighted by atomic mass is 16.3. The second-order valence-electron chi connectivity index (χ2n) is 5.25. The number of hydrogen-bond acceptors (Lipinski definition) is 3. The van der Waals surface area contributed by atoms with E-state index < -0.39 is 0 Å². The van der Waals surface area contributed by atoms with E-state index in [1.807, 2.05) is 48.5 Å². The molecular formula is C17H19N3O. The standard InChI is InChI=1S/C17H19N3O/c1-2-7-14(21)12-13-8-3-6-11-17(13)20-18-15-9-4-5-10-16(15)19-20/h3-6,8-11,14,21H,2,7,12H2,1H3. The van der Waals surface area contributed by atoms with Crippen LogP contribution in [0, 0.1) is 0 Å². The first-order valence-corrected chi connectivity index (χ1v) is 7.36. The molecule has 1 unspecified atom stereocenters. The number of hydrogen-bond donors (Lipinski definition) is 1. The highest BCUT2D eigenvalue weighted by molar-refractivity contribution is 5.73. The Bertz CT molecular complexity index is 702. The van der Waals surface area contributed by atoms with Gasteiger partial charge in [-0.15, -0.1) is 10.2 Å². The van der Waals surface area contributed by atoms with Crippen LogP contribution in [0.25, 0.3) is 16.7 Å². The van der Waals surface area contributed by atoms with Gasteiger partial charge in [-0.3, -0.25) is 0 Å². The smallest absolute Gasteiger partial charge is 0.113 e. The normalized spacial score (nSPS) is 12.7. The van der Waals surface area contributed by atoms with Crippen LogP contribution in [0.3, 0.4) is 0 Å². The number of aliphatic hydroxyl groups is 1. The van der Waals surface area contributed by atoms with E-state index >= 15 is 0 Å². The van der Waals surface area contributed by atoms with Crippen molar-refractivity contribution in [2.75, 3.05) is 0 Å². The summed E-state index contributed by atoms with van der Waals surface area (Å²) in [5.41, 5.74) is 3.76. The zero-order valence-electron chi connectivity index (χ0n) is 12.1. The second kappa shape index (κ2) is 6.06. The molecule has 0 spiro atoms. The molecule has 0 fully saturated rings. The van der Waals surface area contributed by atoms with Crippen LogP contribution in [0.5, 0.6) is 0 Å². The van der Waals surface area contributed by atoms with Gasteiger partial charge in [0.05, 0.1) is 11.8 Å². The topological polar surface area (TPSA) is 50.9 Å². The average Bonchev–Trinajstić information content (AvgIpc) is 2.91. The lowest BCUT2D eigenvalue weighted by molar-refractivity contribution is 0.164. The molecule has 0 bridgehead atoms. The van der Waals surface area contributed by atoms with E-state index in [0.29, 0.717) is 6.42 Å². The maximum Gasteiger partial charge on any atom is 0.113 e. The third kappa shape index (κ3) is 2.95. The first-order valence-electron chi connectivity index (χ1n) is 7.36. The van der Waals surface area contributed by atoms with Gasteiger partial charge in [0, 0.05) is 6.42 Å². The third-order valence-electron chi connectivity index (χ3n) is 3.57. The number of aromatic nitrogens is 3. The van der Waals surface area contributed by atoms with E-state index in [1.54, 1.807) is 4.80 Å². The fourth-order valence-corrected chi connectivity index (χ4v) is 2.54. The van der Waals surface area contributed by atoms with E-state index in [4.69, 9.17) is 0 Å². The van der Waals surface area contributed by atoms with E-state index in [2.05, 4.69) is 17.1 Å². The van der Waals surface area contributed by atoms with Crippen LogP contribution < -0.4 is 0 Å². The lowest BCUT2D eigenvalue weighted by Crippen LogP contribution is -2.12. The molecule has 0 aliphatic rings. The van der Waals surface area contributed by atoms with Crippen LogP contribution in [0.15, 0.2) is 48.5 Å². The van der Waals surface area contributed by atoms with E-state index in [-0.39, 0.29) is 6.10 Å². The molecule has 3 aromatic rings. The van der Waals surface area contributed by atoms with Crippen molar-refractivity contribution in [2.45, 2.75) is 32.3 Å². The van der Waals surface area contributed by atoms with Gasteiger partial charge in [-0.1, -0.05) is 43.7 Å². The van der Waals surface area contributed by atoms with Gasteiger partial charge in [-0.05, 0) is 30.2 Å². The predicted octanol–water partition coefficient (Wildman–Crippen LogP) is 3.12. The quantitative estimate of drug-likeness (QED) is 0.781. The highest BCUT2D eigenvalue weighted by Gasteiger charge is 2.11. The first kappa shape index (κ1) is 13.8. The number of aliphatic hydroxyl groups excluding tert-OH is 1. The van der Waals surface area contributed by atoms with E-state index in [1.165, 1.54) is 0 Å². The summed E-state index contributed by atoms with van der Waals surface area (Å²) in [5.74, 6) is 0. The molecule has 1 N–H and O–H groups in total. The highest BCUT2D eigenvalue weighted by Crippen LogP contribution is 2.18. The Hall–Kier alpha value is -2.20. The van der Waals surface area contributed by atoms with Crippen LogP contribution in [0.2, 0.25) is 0 Å². The van der Waals surface area contributed by atoms with Gasteiger partial charge in [0.2, 0.25) is 0 Å². The zero-order valence-corrected chi connectivity index (χ0v) is 12.1. The molecule has 0 amide bonds. The molecule has 0 aliphatic carbocycles. The molecule has 0 saturated heterocycles. The summed E-state index contributed by atoms with van der Waals surface area (Å²) >= 11 is 0. The SMILES string of the molecule is CCCC(O)Cc1ccccc1-n1nc2ccccc2n1. The Morgan fingerprint density at radius 1 is 1.00 bits per heavy atom. The molecule has 1 heterocycles. The molecule has 2 aromatic carbocycles. The van der Waals surface area contributed by atoms with Crippen molar-refractivity contribution >= 4 is 11.0 Å². The largest absolute Gasteiger partial charge is 0.393 e. The molecule has 1 aromatic heterocycles. The number of benzene rings is 2. The van der Waals surface area contributed by atoms with Crippen molar-refractivity contribution < 1.29 is 5.11 Å². The summed E-state index contributed by atoms with van der Waals surface area (Å²) in [4.78, 5) is 1.67. The molecule has 21 heavy (non-hydrogen) atoms. The summed E-state index contributed by atoms with van der Waals surface area (Å²) in [5, 5.41) is 19.1. The molecule has 0 aliphatic heterocycles. The Kier molecular flexibility index (Phi) is 3.97. The molecule has 4 nitrogen and oxygen atoms in total. The fourth-order valence-electron chi connectivity index (χ4n) is 2.54. The summed E-state index contributed by atoms with van der Waals surface area (Å²) < 4.78 is 0. The van der Waals surface area contributed by atoms with Crippen molar-refractivity contribution in [1.29, 1.82) is 0 Å². The molecule has 0 saturated carbocycles. The van der Waals surface area contributed by atoms with Crippen LogP contribution in [-0.4, -0.2) is 26.2 Å². The Balaban J connectivity index is 1.97. The van der Waals surface area contributed by atoms with Crippen LogP contribution in [0.4, 0.5) is 0 Å². The van der Waals surface area contributed by atoms with Gasteiger partial charge in [0.25, 0.3) is 0 Å². The minimum Gasteiger partial charge on any atom is -0.393 e. The van der Waals surface area contributed by atoms with Crippen molar-refractivity contribution in [1.82, 2.24) is 15.0 Å². The van der Waals surface area contributed by atoms with Gasteiger partial charge in [-0.25, -0.2) is 0 Å². The number of para-hydroxylation sites is 1. The molecular weight excluding hydrogens is 262 g/mol. The third-order valence-corrected chi connectivity index (χ3v) is 3.57. The Morgan fingerprint density at radius 2 is 1.62 bits per heavy atom. The molecule has 0 radical (unpaired) electrons. The number of rotatable bonds is 5. The van der Waals surface area contributed by atoms with Gasteiger partial charge in [0.1, 0.15) is 11.0 Å². The van der Waals surface area contributed by atoms with E-state index in [0.717, 1.165) is 35.1 Å². The fraction of sp³-hybridized carbons (Fsp3) is 0.294. The van der Waals surface area contributed by atoms with Crippen molar-refractivity contribution in [3.63, 3.8) is 0 Å². The Morgan fingerprint density at radius 3 is 2.29 bits per heavy atom. The summed E-state index contributed by atoms with van der Waals surface area (Å²) in [6.45, 7) is 2.08. The molecule has 1 atom stereocenters.